The number of nitrogens with one attached hydrogen (secondary N) is 2. The van der Waals surface area contributed by atoms with Gasteiger partial charge in [-0.25, -0.2) is 4.98 Å². The van der Waals surface area contributed by atoms with Gasteiger partial charge in [0.25, 0.3) is 0 Å². The first kappa shape index (κ1) is 18.6. The summed E-state index contributed by atoms with van der Waals surface area (Å²) in [6, 6.07) is 0. The number of carbonyl (C=O) groups is 1. The molecule has 2 N–H and O–H groups in total. The molecule has 0 saturated carbocycles. The quantitative estimate of drug-likeness (QED) is 0.874. The summed E-state index contributed by atoms with van der Waals surface area (Å²) in [4.78, 5) is 16.9. The molecule has 1 atom stereocenters. The standard InChI is InChI=1S/C11H17N3O2S.2ClH/c1-8-13-6-10(17-8)7-14-11(15)4-9-5-12-2-3-16-9;;/h6,9,12H,2-5,7H2,1H3,(H,14,15);2*1H. The number of hydrogen-bond acceptors (Lipinski definition) is 5. The van der Waals surface area contributed by atoms with E-state index in [1.54, 1.807) is 17.5 Å². The third kappa shape index (κ3) is 6.54. The normalized spacial score (nSPS) is 18.1. The zero-order chi connectivity index (χ0) is 12.1. The molecule has 0 aromatic carbocycles. The molecule has 19 heavy (non-hydrogen) atoms. The maximum absolute atomic E-state index is 11.7. The predicted octanol–water partition coefficient (Wildman–Crippen LogP) is 1.29. The second-order valence-corrected chi connectivity index (χ2v) is 5.34. The number of nitrogens with zero attached hydrogens (tertiary/aromatic N) is 1. The monoisotopic (exact) mass is 327 g/mol. The molecule has 1 aliphatic rings. The van der Waals surface area contributed by atoms with Crippen LogP contribution in [0, 0.1) is 6.92 Å². The Morgan fingerprint density at radius 2 is 2.42 bits per heavy atom. The first-order chi connectivity index (χ1) is 8.24. The molecule has 2 rings (SSSR count). The molecule has 1 aromatic heterocycles. The Bertz CT molecular complexity index is 384. The fourth-order valence-corrected chi connectivity index (χ4v) is 2.44. The number of amides is 1. The molecule has 1 saturated heterocycles. The summed E-state index contributed by atoms with van der Waals surface area (Å²) < 4.78 is 5.47. The van der Waals surface area contributed by atoms with E-state index in [2.05, 4.69) is 15.6 Å². The lowest BCUT2D eigenvalue weighted by Crippen LogP contribution is -2.41. The fourth-order valence-electron chi connectivity index (χ4n) is 1.70. The van der Waals surface area contributed by atoms with Gasteiger partial charge in [0.2, 0.25) is 5.91 Å². The lowest BCUT2D eigenvalue weighted by molar-refractivity contribution is -0.124. The minimum atomic E-state index is 0. The molecule has 0 radical (unpaired) electrons. The molecule has 110 valence electrons. The van der Waals surface area contributed by atoms with E-state index >= 15 is 0 Å². The van der Waals surface area contributed by atoms with Gasteiger partial charge in [-0.2, -0.15) is 0 Å². The van der Waals surface area contributed by atoms with Crippen LogP contribution in [-0.2, 0) is 16.1 Å². The molecule has 5 nitrogen and oxygen atoms in total. The summed E-state index contributed by atoms with van der Waals surface area (Å²) in [5.41, 5.74) is 0. The van der Waals surface area contributed by atoms with Crippen LogP contribution in [0.15, 0.2) is 6.20 Å². The van der Waals surface area contributed by atoms with Crippen LogP contribution in [0.4, 0.5) is 0 Å². The maximum Gasteiger partial charge on any atom is 0.222 e. The first-order valence-corrected chi connectivity index (χ1v) is 6.56. The van der Waals surface area contributed by atoms with Crippen molar-refractivity contribution in [1.29, 1.82) is 0 Å². The number of halogens is 2. The van der Waals surface area contributed by atoms with Gasteiger partial charge >= 0.3 is 0 Å². The lowest BCUT2D eigenvalue weighted by Gasteiger charge is -2.22. The van der Waals surface area contributed by atoms with Gasteiger partial charge in [0.05, 0.1) is 30.7 Å². The van der Waals surface area contributed by atoms with E-state index in [0.717, 1.165) is 23.0 Å². The molecule has 0 bridgehead atoms. The zero-order valence-electron chi connectivity index (χ0n) is 10.7. The lowest BCUT2D eigenvalue weighted by atomic mass is 10.2. The van der Waals surface area contributed by atoms with Crippen LogP contribution >= 0.6 is 36.2 Å². The third-order valence-corrected chi connectivity index (χ3v) is 3.46. The van der Waals surface area contributed by atoms with Crippen LogP contribution in [0.1, 0.15) is 16.3 Å². The van der Waals surface area contributed by atoms with Crippen molar-refractivity contribution in [2.45, 2.75) is 26.0 Å². The fraction of sp³-hybridized carbons (Fsp3) is 0.636. The second-order valence-electron chi connectivity index (χ2n) is 4.02. The summed E-state index contributed by atoms with van der Waals surface area (Å²) in [5, 5.41) is 7.11. The first-order valence-electron chi connectivity index (χ1n) is 5.74. The SMILES string of the molecule is Cc1ncc(CNC(=O)CC2CNCCO2)s1.Cl.Cl. The van der Waals surface area contributed by atoms with E-state index in [1.807, 2.05) is 6.92 Å². The molecule has 1 fully saturated rings. The van der Waals surface area contributed by atoms with E-state index in [0.29, 0.717) is 19.6 Å². The van der Waals surface area contributed by atoms with Crippen molar-refractivity contribution < 1.29 is 9.53 Å². The molecule has 0 spiro atoms. The predicted molar refractivity (Wildman–Crippen MR) is 80.4 cm³/mol. The highest BCUT2D eigenvalue weighted by atomic mass is 35.5. The van der Waals surface area contributed by atoms with E-state index < -0.39 is 0 Å². The minimum Gasteiger partial charge on any atom is -0.375 e. The summed E-state index contributed by atoms with van der Waals surface area (Å²) in [6.45, 7) is 4.83. The maximum atomic E-state index is 11.7. The van der Waals surface area contributed by atoms with Gasteiger partial charge in [-0.15, -0.1) is 36.2 Å². The molecule has 1 amide bonds. The van der Waals surface area contributed by atoms with E-state index in [9.17, 15) is 4.79 Å². The number of thiazole rings is 1. The van der Waals surface area contributed by atoms with E-state index in [4.69, 9.17) is 4.74 Å². The zero-order valence-corrected chi connectivity index (χ0v) is 13.1. The summed E-state index contributed by atoms with van der Waals surface area (Å²) in [5.74, 6) is 0.0322. The van der Waals surface area contributed by atoms with Gasteiger partial charge in [0.15, 0.2) is 0 Å². The highest BCUT2D eigenvalue weighted by Gasteiger charge is 2.17. The molecule has 1 aromatic rings. The van der Waals surface area contributed by atoms with Crippen LogP contribution < -0.4 is 10.6 Å². The Labute approximate surface area is 129 Å². The van der Waals surface area contributed by atoms with Gasteiger partial charge in [0.1, 0.15) is 0 Å². The van der Waals surface area contributed by atoms with E-state index in [-0.39, 0.29) is 36.8 Å². The minimum absolute atomic E-state index is 0. The van der Waals surface area contributed by atoms with Gasteiger partial charge in [-0.3, -0.25) is 4.79 Å². The molecule has 8 heteroatoms. The molecular formula is C11H19Cl2N3O2S. The van der Waals surface area contributed by atoms with Crippen molar-refractivity contribution in [3.8, 4) is 0 Å². The van der Waals surface area contributed by atoms with Crippen LogP contribution in [0.2, 0.25) is 0 Å². The highest BCUT2D eigenvalue weighted by Crippen LogP contribution is 2.11. The Hall–Kier alpha value is -0.400. The van der Waals surface area contributed by atoms with Crippen LogP contribution in [-0.4, -0.2) is 36.7 Å². The number of aromatic nitrogens is 1. The van der Waals surface area contributed by atoms with Crippen molar-refractivity contribution >= 4 is 42.1 Å². The largest absolute Gasteiger partial charge is 0.375 e. The van der Waals surface area contributed by atoms with Crippen LogP contribution in [0.25, 0.3) is 0 Å². The number of rotatable bonds is 4. The van der Waals surface area contributed by atoms with Crippen molar-refractivity contribution in [3.05, 3.63) is 16.1 Å². The van der Waals surface area contributed by atoms with Crippen molar-refractivity contribution in [3.63, 3.8) is 0 Å². The second kappa shape index (κ2) is 9.50. The summed E-state index contributed by atoms with van der Waals surface area (Å²) >= 11 is 1.61. The van der Waals surface area contributed by atoms with Gasteiger partial charge in [-0.05, 0) is 6.92 Å². The molecule has 1 unspecified atom stereocenters. The molecular weight excluding hydrogens is 309 g/mol. The molecule has 1 aliphatic heterocycles. The smallest absolute Gasteiger partial charge is 0.222 e. The van der Waals surface area contributed by atoms with Gasteiger partial charge < -0.3 is 15.4 Å². The Kier molecular flexibility index (Phi) is 9.30. The summed E-state index contributed by atoms with van der Waals surface area (Å²) in [6.07, 6.45) is 2.23. The Morgan fingerprint density at radius 3 is 3.00 bits per heavy atom. The number of morpholine rings is 1. The van der Waals surface area contributed by atoms with Gasteiger partial charge in [0, 0.05) is 24.2 Å². The topological polar surface area (TPSA) is 63.2 Å². The highest BCUT2D eigenvalue weighted by molar-refractivity contribution is 7.11. The van der Waals surface area contributed by atoms with Crippen LogP contribution in [0.5, 0.6) is 0 Å². The van der Waals surface area contributed by atoms with E-state index in [1.165, 1.54) is 0 Å². The Morgan fingerprint density at radius 1 is 1.63 bits per heavy atom. The number of carbonyl (C=O) groups excluding carboxylic acids is 1. The Balaban J connectivity index is 0.00000162. The average molecular weight is 328 g/mol. The van der Waals surface area contributed by atoms with Gasteiger partial charge in [-0.1, -0.05) is 0 Å². The third-order valence-electron chi connectivity index (χ3n) is 2.55. The van der Waals surface area contributed by atoms with Crippen molar-refractivity contribution in [1.82, 2.24) is 15.6 Å². The molecule has 0 aliphatic carbocycles. The number of hydrogen-bond donors (Lipinski definition) is 2. The summed E-state index contributed by atoms with van der Waals surface area (Å²) in [7, 11) is 0. The van der Waals surface area contributed by atoms with Crippen molar-refractivity contribution in [2.24, 2.45) is 0 Å². The van der Waals surface area contributed by atoms with Crippen LogP contribution in [0.3, 0.4) is 0 Å². The number of aryl methyl sites for hydroxylation is 1. The molecule has 2 heterocycles. The average Bonchev–Trinajstić information content (AvgIpc) is 2.74. The van der Waals surface area contributed by atoms with Crippen molar-refractivity contribution in [2.75, 3.05) is 19.7 Å². The number of ether oxygens (including phenoxy) is 1.